The number of ether oxygens (including phenoxy) is 2. The summed E-state index contributed by atoms with van der Waals surface area (Å²) in [4.78, 5) is 40.3. The van der Waals surface area contributed by atoms with Gasteiger partial charge in [-0.25, -0.2) is 0 Å². The first-order chi connectivity index (χ1) is 10.2. The number of esters is 2. The van der Waals surface area contributed by atoms with Gasteiger partial charge >= 0.3 is 11.9 Å². The van der Waals surface area contributed by atoms with Crippen molar-refractivity contribution in [2.24, 2.45) is 5.92 Å². The first-order valence-electron chi connectivity index (χ1n) is 7.08. The average molecular weight is 307 g/mol. The van der Waals surface area contributed by atoms with E-state index in [1.165, 1.54) is 12.3 Å². The van der Waals surface area contributed by atoms with E-state index in [1.54, 1.807) is 39.8 Å². The zero-order valence-electron chi connectivity index (χ0n) is 13.3. The Hall–Kier alpha value is -2.24. The Kier molecular flexibility index (Phi) is 6.22. The molecule has 0 spiro atoms. The topological polar surface area (TPSA) is 82.6 Å². The molecule has 6 heteroatoms. The van der Waals surface area contributed by atoms with Crippen molar-refractivity contribution >= 4 is 17.7 Å². The van der Waals surface area contributed by atoms with Crippen molar-refractivity contribution in [2.45, 2.75) is 39.7 Å². The molecular formula is C16H21NO5. The Labute approximate surface area is 129 Å². The van der Waals surface area contributed by atoms with Gasteiger partial charge in [-0.15, -0.1) is 0 Å². The third-order valence-corrected chi connectivity index (χ3v) is 2.60. The molecule has 0 N–H and O–H groups in total. The second-order valence-corrected chi connectivity index (χ2v) is 5.67. The molecule has 1 atom stereocenters. The summed E-state index contributed by atoms with van der Waals surface area (Å²) in [7, 11) is 0. The molecule has 0 saturated carbocycles. The van der Waals surface area contributed by atoms with Crippen LogP contribution < -0.4 is 0 Å². The van der Waals surface area contributed by atoms with E-state index in [9.17, 15) is 14.4 Å². The van der Waals surface area contributed by atoms with E-state index < -0.39 is 29.2 Å². The van der Waals surface area contributed by atoms with Gasteiger partial charge in [-0.1, -0.05) is 6.07 Å². The van der Waals surface area contributed by atoms with Gasteiger partial charge in [0.05, 0.1) is 13.0 Å². The molecule has 0 aromatic carbocycles. The fourth-order valence-electron chi connectivity index (χ4n) is 1.73. The van der Waals surface area contributed by atoms with Crippen LogP contribution in [-0.2, 0) is 19.1 Å². The molecule has 6 nitrogen and oxygen atoms in total. The van der Waals surface area contributed by atoms with E-state index in [2.05, 4.69) is 4.98 Å². The van der Waals surface area contributed by atoms with Crippen LogP contribution in [0.15, 0.2) is 24.4 Å². The number of pyridine rings is 1. The molecule has 0 bridgehead atoms. The van der Waals surface area contributed by atoms with Crippen molar-refractivity contribution in [1.29, 1.82) is 0 Å². The highest BCUT2D eigenvalue weighted by molar-refractivity contribution is 6.09. The highest BCUT2D eigenvalue weighted by atomic mass is 16.6. The minimum absolute atomic E-state index is 0.114. The summed E-state index contributed by atoms with van der Waals surface area (Å²) in [5, 5.41) is 0. The molecule has 1 aromatic rings. The molecule has 0 radical (unpaired) electrons. The molecule has 0 aliphatic heterocycles. The predicted octanol–water partition coefficient (Wildman–Crippen LogP) is 2.18. The van der Waals surface area contributed by atoms with Crippen LogP contribution in [0.4, 0.5) is 0 Å². The molecule has 0 saturated heterocycles. The quantitative estimate of drug-likeness (QED) is 0.455. The molecule has 0 fully saturated rings. The van der Waals surface area contributed by atoms with E-state index in [4.69, 9.17) is 9.47 Å². The Balaban J connectivity index is 2.98. The Bertz CT molecular complexity index is 533. The summed E-state index contributed by atoms with van der Waals surface area (Å²) in [6.45, 7) is 6.91. The molecule has 0 aliphatic carbocycles. The maximum absolute atomic E-state index is 12.4. The van der Waals surface area contributed by atoms with E-state index >= 15 is 0 Å². The number of nitrogens with zero attached hydrogens (tertiary/aromatic N) is 1. The van der Waals surface area contributed by atoms with E-state index in [-0.39, 0.29) is 18.7 Å². The molecule has 1 unspecified atom stereocenters. The molecule has 1 heterocycles. The molecule has 0 amide bonds. The fraction of sp³-hybridized carbons (Fsp3) is 0.500. The molecule has 22 heavy (non-hydrogen) atoms. The summed E-state index contributed by atoms with van der Waals surface area (Å²) < 4.78 is 10.0. The second-order valence-electron chi connectivity index (χ2n) is 5.67. The van der Waals surface area contributed by atoms with Crippen molar-refractivity contribution < 1.29 is 23.9 Å². The zero-order chi connectivity index (χ0) is 16.8. The van der Waals surface area contributed by atoms with Crippen molar-refractivity contribution in [3.05, 3.63) is 30.1 Å². The number of hydrogen-bond acceptors (Lipinski definition) is 6. The van der Waals surface area contributed by atoms with Gasteiger partial charge in [-0.2, -0.15) is 0 Å². The van der Waals surface area contributed by atoms with Gasteiger partial charge in [0.25, 0.3) is 0 Å². The summed E-state index contributed by atoms with van der Waals surface area (Å²) >= 11 is 0. The highest BCUT2D eigenvalue weighted by Gasteiger charge is 2.34. The van der Waals surface area contributed by atoms with Crippen LogP contribution in [-0.4, -0.2) is 34.9 Å². The van der Waals surface area contributed by atoms with Crippen LogP contribution in [0.2, 0.25) is 0 Å². The van der Waals surface area contributed by atoms with Crippen LogP contribution in [0.25, 0.3) is 0 Å². The van der Waals surface area contributed by atoms with Crippen LogP contribution in [0.5, 0.6) is 0 Å². The molecule has 1 aromatic heterocycles. The number of ketones is 1. The van der Waals surface area contributed by atoms with Gasteiger partial charge in [0.1, 0.15) is 17.2 Å². The average Bonchev–Trinajstić information content (AvgIpc) is 2.43. The van der Waals surface area contributed by atoms with Crippen molar-refractivity contribution in [3.63, 3.8) is 0 Å². The lowest BCUT2D eigenvalue weighted by Gasteiger charge is -2.23. The summed E-state index contributed by atoms with van der Waals surface area (Å²) in [5.41, 5.74) is -0.642. The van der Waals surface area contributed by atoms with Crippen LogP contribution in [0, 0.1) is 5.92 Å². The minimum atomic E-state index is -1.26. The van der Waals surface area contributed by atoms with Gasteiger partial charge in [-0.05, 0) is 39.8 Å². The van der Waals surface area contributed by atoms with E-state index in [0.717, 1.165) is 0 Å². The maximum atomic E-state index is 12.4. The third-order valence-electron chi connectivity index (χ3n) is 2.60. The van der Waals surface area contributed by atoms with Crippen molar-refractivity contribution in [1.82, 2.24) is 4.98 Å². The van der Waals surface area contributed by atoms with Crippen LogP contribution in [0.3, 0.4) is 0 Å². The standard InChI is InChI=1S/C16H21NO5/c1-5-21-13(18)10-11(15(20)22-16(2,3)4)14(19)12-8-6-7-9-17-12/h6-9,11H,5,10H2,1-4H3. The van der Waals surface area contributed by atoms with Gasteiger partial charge in [0.15, 0.2) is 5.78 Å². The normalized spacial score (nSPS) is 12.4. The second kappa shape index (κ2) is 7.68. The van der Waals surface area contributed by atoms with Gasteiger partial charge in [0, 0.05) is 6.20 Å². The van der Waals surface area contributed by atoms with Crippen molar-refractivity contribution in [2.75, 3.05) is 6.61 Å². The fourth-order valence-corrected chi connectivity index (χ4v) is 1.73. The number of Topliss-reactive ketones (excluding diaryl/α,β-unsaturated/α-hetero) is 1. The summed E-state index contributed by atoms with van der Waals surface area (Å²) in [6, 6.07) is 4.78. The molecule has 1 rings (SSSR count). The van der Waals surface area contributed by atoms with E-state index in [0.29, 0.717) is 0 Å². The first kappa shape index (κ1) is 17.8. The Morgan fingerprint density at radius 3 is 2.41 bits per heavy atom. The summed E-state index contributed by atoms with van der Waals surface area (Å²) in [6.07, 6.45) is 1.09. The largest absolute Gasteiger partial charge is 0.466 e. The number of hydrogen-bond donors (Lipinski definition) is 0. The minimum Gasteiger partial charge on any atom is -0.466 e. The molecule has 120 valence electrons. The Morgan fingerprint density at radius 2 is 1.91 bits per heavy atom. The number of aromatic nitrogens is 1. The highest BCUT2D eigenvalue weighted by Crippen LogP contribution is 2.18. The maximum Gasteiger partial charge on any atom is 0.318 e. The third kappa shape index (κ3) is 5.63. The lowest BCUT2D eigenvalue weighted by molar-refractivity contribution is -0.161. The monoisotopic (exact) mass is 307 g/mol. The van der Waals surface area contributed by atoms with Crippen LogP contribution in [0.1, 0.15) is 44.6 Å². The zero-order valence-corrected chi connectivity index (χ0v) is 13.3. The molecular weight excluding hydrogens is 286 g/mol. The lowest BCUT2D eigenvalue weighted by Crippen LogP contribution is -2.34. The van der Waals surface area contributed by atoms with E-state index in [1.807, 2.05) is 0 Å². The van der Waals surface area contributed by atoms with Crippen LogP contribution >= 0.6 is 0 Å². The molecule has 0 aliphatic rings. The first-order valence-corrected chi connectivity index (χ1v) is 7.08. The van der Waals surface area contributed by atoms with Gasteiger partial charge < -0.3 is 9.47 Å². The number of carbonyl (C=O) groups excluding carboxylic acids is 3. The Morgan fingerprint density at radius 1 is 1.23 bits per heavy atom. The number of carbonyl (C=O) groups is 3. The predicted molar refractivity (Wildman–Crippen MR) is 79.2 cm³/mol. The van der Waals surface area contributed by atoms with Crippen molar-refractivity contribution in [3.8, 4) is 0 Å². The van der Waals surface area contributed by atoms with Gasteiger partial charge in [-0.3, -0.25) is 19.4 Å². The smallest absolute Gasteiger partial charge is 0.318 e. The SMILES string of the molecule is CCOC(=O)CC(C(=O)OC(C)(C)C)C(=O)c1ccccn1. The van der Waals surface area contributed by atoms with Gasteiger partial charge in [0.2, 0.25) is 0 Å². The summed E-state index contributed by atoms with van der Waals surface area (Å²) in [5.74, 6) is -3.19. The number of rotatable bonds is 6. The lowest BCUT2D eigenvalue weighted by atomic mass is 9.97.